The van der Waals surface area contributed by atoms with E-state index in [-0.39, 0.29) is 0 Å². The number of rotatable bonds is 5. The Balaban J connectivity index is 1.75. The van der Waals surface area contributed by atoms with Crippen LogP contribution in [0.4, 0.5) is 11.5 Å². The molecule has 0 saturated carbocycles. The third-order valence-corrected chi connectivity index (χ3v) is 3.92. The van der Waals surface area contributed by atoms with Gasteiger partial charge in [-0.25, -0.2) is 4.98 Å². The fourth-order valence-corrected chi connectivity index (χ4v) is 2.54. The second kappa shape index (κ2) is 7.29. The van der Waals surface area contributed by atoms with Crippen molar-refractivity contribution in [3.8, 4) is 0 Å². The summed E-state index contributed by atoms with van der Waals surface area (Å²) in [6.45, 7) is 5.99. The number of carbonyl (C=O) groups is 1. The smallest absolute Gasteiger partial charge is 0.222 e. The van der Waals surface area contributed by atoms with Crippen molar-refractivity contribution in [2.24, 2.45) is 5.92 Å². The molecule has 21 heavy (non-hydrogen) atoms. The van der Waals surface area contributed by atoms with Crippen LogP contribution in [0.3, 0.4) is 0 Å². The van der Waals surface area contributed by atoms with Crippen molar-refractivity contribution in [2.45, 2.75) is 45.6 Å². The van der Waals surface area contributed by atoms with Crippen LogP contribution in [0.15, 0.2) is 18.3 Å². The molecule has 0 radical (unpaired) electrons. The summed E-state index contributed by atoms with van der Waals surface area (Å²) in [6, 6.07) is 4.13. The van der Waals surface area contributed by atoms with E-state index >= 15 is 0 Å². The van der Waals surface area contributed by atoms with Gasteiger partial charge >= 0.3 is 0 Å². The lowest BCUT2D eigenvalue weighted by molar-refractivity contribution is -0.132. The zero-order valence-electron chi connectivity index (χ0n) is 13.0. The molecule has 0 bridgehead atoms. The summed E-state index contributed by atoms with van der Waals surface area (Å²) in [5.74, 6) is 1.74. The summed E-state index contributed by atoms with van der Waals surface area (Å²) in [7, 11) is 0. The number of carbonyl (C=O) groups excluding carboxylic acids is 1. The Bertz CT molecular complexity index is 450. The van der Waals surface area contributed by atoms with Crippen molar-refractivity contribution < 1.29 is 4.79 Å². The molecule has 1 aliphatic rings. The van der Waals surface area contributed by atoms with Gasteiger partial charge in [-0.15, -0.1) is 0 Å². The van der Waals surface area contributed by atoms with E-state index in [1.165, 1.54) is 0 Å². The third-order valence-electron chi connectivity index (χ3n) is 3.92. The summed E-state index contributed by atoms with van der Waals surface area (Å²) >= 11 is 0. The van der Waals surface area contributed by atoms with Crippen LogP contribution in [-0.4, -0.2) is 34.9 Å². The van der Waals surface area contributed by atoms with Gasteiger partial charge in [0.25, 0.3) is 0 Å². The summed E-state index contributed by atoms with van der Waals surface area (Å²) in [4.78, 5) is 18.3. The Morgan fingerprint density at radius 2 is 2.14 bits per heavy atom. The summed E-state index contributed by atoms with van der Waals surface area (Å²) in [5.41, 5.74) is 6.30. The average molecular weight is 290 g/mol. The van der Waals surface area contributed by atoms with Gasteiger partial charge in [-0.1, -0.05) is 13.8 Å². The lowest BCUT2D eigenvalue weighted by Crippen LogP contribution is -2.42. The van der Waals surface area contributed by atoms with E-state index in [1.807, 2.05) is 17.0 Å². The Morgan fingerprint density at radius 3 is 2.71 bits per heavy atom. The molecule has 1 fully saturated rings. The zero-order valence-corrected chi connectivity index (χ0v) is 13.0. The Hall–Kier alpha value is -1.78. The number of nitrogens with zero attached hydrogens (tertiary/aromatic N) is 2. The molecule has 1 aromatic heterocycles. The van der Waals surface area contributed by atoms with Crippen LogP contribution in [0, 0.1) is 5.92 Å². The minimum Gasteiger partial charge on any atom is -0.397 e. The van der Waals surface area contributed by atoms with E-state index in [1.54, 1.807) is 6.20 Å². The van der Waals surface area contributed by atoms with Crippen molar-refractivity contribution >= 4 is 17.4 Å². The summed E-state index contributed by atoms with van der Waals surface area (Å²) < 4.78 is 0. The fourth-order valence-electron chi connectivity index (χ4n) is 2.54. The monoisotopic (exact) mass is 290 g/mol. The number of nitrogens with one attached hydrogen (secondary N) is 1. The summed E-state index contributed by atoms with van der Waals surface area (Å²) in [6.07, 6.45) is 5.26. The minimum atomic E-state index is 0.299. The van der Waals surface area contributed by atoms with E-state index in [4.69, 9.17) is 5.73 Å². The SMILES string of the molecule is CC(C)CCC(=O)N1CCC(Nc2ccc(N)cn2)CC1. The second-order valence-corrected chi connectivity index (χ2v) is 6.21. The van der Waals surface area contributed by atoms with Crippen LogP contribution in [0.2, 0.25) is 0 Å². The number of hydrogen-bond acceptors (Lipinski definition) is 4. The lowest BCUT2D eigenvalue weighted by Gasteiger charge is -2.33. The molecule has 0 spiro atoms. The molecule has 0 aliphatic carbocycles. The number of anilines is 2. The average Bonchev–Trinajstić information content (AvgIpc) is 2.48. The Labute approximate surface area is 126 Å². The molecule has 1 aliphatic heterocycles. The van der Waals surface area contributed by atoms with Crippen molar-refractivity contribution in [1.29, 1.82) is 0 Å². The van der Waals surface area contributed by atoms with Gasteiger partial charge in [-0.05, 0) is 37.3 Å². The minimum absolute atomic E-state index is 0.299. The molecular formula is C16H26N4O. The Morgan fingerprint density at radius 1 is 1.43 bits per heavy atom. The topological polar surface area (TPSA) is 71.2 Å². The molecule has 0 atom stereocenters. The molecule has 0 aromatic carbocycles. The number of hydrogen-bond donors (Lipinski definition) is 2. The van der Waals surface area contributed by atoms with E-state index in [9.17, 15) is 4.79 Å². The molecule has 1 amide bonds. The maximum atomic E-state index is 12.1. The molecule has 5 nitrogen and oxygen atoms in total. The predicted molar refractivity (Wildman–Crippen MR) is 85.9 cm³/mol. The number of nitrogen functional groups attached to an aromatic ring is 1. The van der Waals surface area contributed by atoms with Gasteiger partial charge in [0.15, 0.2) is 0 Å². The third kappa shape index (κ3) is 4.92. The van der Waals surface area contributed by atoms with E-state index in [0.717, 1.165) is 38.2 Å². The fraction of sp³-hybridized carbons (Fsp3) is 0.625. The highest BCUT2D eigenvalue weighted by Gasteiger charge is 2.22. The first-order chi connectivity index (χ1) is 10.0. The van der Waals surface area contributed by atoms with Gasteiger partial charge in [0, 0.05) is 25.6 Å². The van der Waals surface area contributed by atoms with Gasteiger partial charge in [0.05, 0.1) is 11.9 Å². The molecule has 0 unspecified atom stereocenters. The maximum absolute atomic E-state index is 12.1. The van der Waals surface area contributed by atoms with Gasteiger partial charge in [-0.2, -0.15) is 0 Å². The molecule has 5 heteroatoms. The number of likely N-dealkylation sites (tertiary alicyclic amines) is 1. The molecule has 1 aromatic rings. The standard InChI is InChI=1S/C16H26N4O/c1-12(2)3-6-16(21)20-9-7-14(8-10-20)19-15-5-4-13(17)11-18-15/h4-5,11-12,14H,3,6-10,17H2,1-2H3,(H,18,19). The first-order valence-corrected chi connectivity index (χ1v) is 7.80. The van der Waals surface area contributed by atoms with Crippen LogP contribution >= 0.6 is 0 Å². The van der Waals surface area contributed by atoms with Crippen molar-refractivity contribution in [1.82, 2.24) is 9.88 Å². The molecule has 2 rings (SSSR count). The molecule has 1 saturated heterocycles. The summed E-state index contributed by atoms with van der Waals surface area (Å²) in [5, 5.41) is 3.41. The quantitative estimate of drug-likeness (QED) is 0.874. The van der Waals surface area contributed by atoms with Gasteiger partial charge < -0.3 is 16.0 Å². The predicted octanol–water partition coefficient (Wildman–Crippen LogP) is 2.50. The highest BCUT2D eigenvalue weighted by Crippen LogP contribution is 2.17. The number of amides is 1. The number of piperidine rings is 1. The van der Waals surface area contributed by atoms with Crippen LogP contribution < -0.4 is 11.1 Å². The molecule has 3 N–H and O–H groups in total. The van der Waals surface area contributed by atoms with Crippen molar-refractivity contribution in [2.75, 3.05) is 24.1 Å². The van der Waals surface area contributed by atoms with Crippen LogP contribution in [0.25, 0.3) is 0 Å². The molecular weight excluding hydrogens is 264 g/mol. The normalized spacial score (nSPS) is 16.2. The highest BCUT2D eigenvalue weighted by molar-refractivity contribution is 5.76. The van der Waals surface area contributed by atoms with Crippen molar-refractivity contribution in [3.63, 3.8) is 0 Å². The first kappa shape index (κ1) is 15.6. The van der Waals surface area contributed by atoms with Gasteiger partial charge in [0.2, 0.25) is 5.91 Å². The second-order valence-electron chi connectivity index (χ2n) is 6.21. The number of pyridine rings is 1. The molecule has 116 valence electrons. The molecule has 2 heterocycles. The largest absolute Gasteiger partial charge is 0.397 e. The first-order valence-electron chi connectivity index (χ1n) is 7.80. The lowest BCUT2D eigenvalue weighted by atomic mass is 10.0. The van der Waals surface area contributed by atoms with E-state index in [2.05, 4.69) is 24.1 Å². The van der Waals surface area contributed by atoms with E-state index in [0.29, 0.717) is 30.0 Å². The van der Waals surface area contributed by atoms with Gasteiger partial charge in [0.1, 0.15) is 5.82 Å². The number of nitrogens with two attached hydrogens (primary N) is 1. The number of aromatic nitrogens is 1. The van der Waals surface area contributed by atoms with Gasteiger partial charge in [-0.3, -0.25) is 4.79 Å². The van der Waals surface area contributed by atoms with E-state index < -0.39 is 0 Å². The van der Waals surface area contributed by atoms with Crippen LogP contribution in [-0.2, 0) is 4.79 Å². The van der Waals surface area contributed by atoms with Crippen LogP contribution in [0.5, 0.6) is 0 Å². The maximum Gasteiger partial charge on any atom is 0.222 e. The van der Waals surface area contributed by atoms with Crippen molar-refractivity contribution in [3.05, 3.63) is 18.3 Å². The highest BCUT2D eigenvalue weighted by atomic mass is 16.2. The Kier molecular flexibility index (Phi) is 5.42. The van der Waals surface area contributed by atoms with Crippen LogP contribution in [0.1, 0.15) is 39.5 Å². The zero-order chi connectivity index (χ0) is 15.2.